The summed E-state index contributed by atoms with van der Waals surface area (Å²) in [6.45, 7) is 4.55. The molecule has 1 atom stereocenters. The number of hydrogen-bond acceptors (Lipinski definition) is 2. The molecule has 0 saturated carbocycles. The van der Waals surface area contributed by atoms with Gasteiger partial charge in [0.05, 0.1) is 5.60 Å². The Labute approximate surface area is 138 Å². The topological polar surface area (TPSA) is 45.7 Å². The van der Waals surface area contributed by atoms with E-state index in [0.717, 1.165) is 38.5 Å². The molecule has 1 unspecified atom stereocenters. The lowest BCUT2D eigenvalue weighted by Crippen LogP contribution is -2.45. The molecule has 2 N–H and O–H groups in total. The number of nitrogens with zero attached hydrogens (tertiary/aromatic N) is 1. The van der Waals surface area contributed by atoms with Gasteiger partial charge in [-0.2, -0.15) is 0 Å². The molecule has 23 heavy (non-hydrogen) atoms. The van der Waals surface area contributed by atoms with Crippen LogP contribution in [0.2, 0.25) is 0 Å². The lowest BCUT2D eigenvalue weighted by molar-refractivity contribution is 0.0243. The van der Waals surface area contributed by atoms with Gasteiger partial charge in [0.1, 0.15) is 0 Å². The van der Waals surface area contributed by atoms with E-state index < -0.39 is 0 Å². The SMILES string of the molecule is CN=C(NCc1ccc2ccccc2c1)NCC1(C)CCCO1. The number of nitrogens with one attached hydrogen (secondary N) is 2. The third-order valence-electron chi connectivity index (χ3n) is 4.43. The Morgan fingerprint density at radius 1 is 1.17 bits per heavy atom. The molecule has 0 aromatic heterocycles. The Bertz CT molecular complexity index is 690. The van der Waals surface area contributed by atoms with E-state index in [0.29, 0.717) is 0 Å². The first kappa shape index (κ1) is 15.8. The number of aliphatic imine (C=N–C) groups is 1. The molecule has 1 saturated heterocycles. The Kier molecular flexibility index (Phi) is 4.82. The van der Waals surface area contributed by atoms with Gasteiger partial charge in [-0.15, -0.1) is 0 Å². The van der Waals surface area contributed by atoms with Gasteiger partial charge >= 0.3 is 0 Å². The van der Waals surface area contributed by atoms with Crippen molar-refractivity contribution in [3.63, 3.8) is 0 Å². The second-order valence-electron chi connectivity index (χ2n) is 6.36. The molecule has 3 rings (SSSR count). The van der Waals surface area contributed by atoms with Crippen LogP contribution in [-0.4, -0.2) is 31.8 Å². The van der Waals surface area contributed by atoms with Gasteiger partial charge in [0, 0.05) is 26.7 Å². The van der Waals surface area contributed by atoms with Crippen molar-refractivity contribution in [2.75, 3.05) is 20.2 Å². The zero-order chi connectivity index (χ0) is 16.1. The van der Waals surface area contributed by atoms with E-state index in [-0.39, 0.29) is 5.60 Å². The molecule has 4 heteroatoms. The number of fused-ring (bicyclic) bond motifs is 1. The van der Waals surface area contributed by atoms with Crippen molar-refractivity contribution in [3.8, 4) is 0 Å². The molecule has 1 heterocycles. The van der Waals surface area contributed by atoms with Crippen molar-refractivity contribution < 1.29 is 4.74 Å². The highest BCUT2D eigenvalue weighted by Gasteiger charge is 2.29. The summed E-state index contributed by atoms with van der Waals surface area (Å²) in [5, 5.41) is 9.28. The fourth-order valence-corrected chi connectivity index (χ4v) is 3.00. The first-order chi connectivity index (χ1) is 11.2. The minimum absolute atomic E-state index is 0.0689. The quantitative estimate of drug-likeness (QED) is 0.674. The fourth-order valence-electron chi connectivity index (χ4n) is 3.00. The zero-order valence-electron chi connectivity index (χ0n) is 13.9. The number of guanidine groups is 1. The summed E-state index contributed by atoms with van der Waals surface area (Å²) in [5.41, 5.74) is 1.18. The summed E-state index contributed by atoms with van der Waals surface area (Å²) < 4.78 is 5.80. The molecule has 1 aliphatic heterocycles. The van der Waals surface area contributed by atoms with Crippen LogP contribution in [0.4, 0.5) is 0 Å². The first-order valence-electron chi connectivity index (χ1n) is 8.25. The van der Waals surface area contributed by atoms with Crippen molar-refractivity contribution in [1.82, 2.24) is 10.6 Å². The van der Waals surface area contributed by atoms with E-state index in [1.54, 1.807) is 7.05 Å². The molecule has 0 amide bonds. The highest BCUT2D eigenvalue weighted by atomic mass is 16.5. The predicted molar refractivity (Wildman–Crippen MR) is 95.7 cm³/mol. The monoisotopic (exact) mass is 311 g/mol. The highest BCUT2D eigenvalue weighted by molar-refractivity contribution is 5.83. The third kappa shape index (κ3) is 4.02. The maximum Gasteiger partial charge on any atom is 0.191 e. The van der Waals surface area contributed by atoms with Crippen molar-refractivity contribution >= 4 is 16.7 Å². The summed E-state index contributed by atoms with van der Waals surface area (Å²) in [7, 11) is 1.80. The maximum atomic E-state index is 5.80. The first-order valence-corrected chi connectivity index (χ1v) is 8.25. The number of ether oxygens (including phenoxy) is 1. The van der Waals surface area contributed by atoms with Crippen LogP contribution < -0.4 is 10.6 Å². The minimum atomic E-state index is -0.0689. The Morgan fingerprint density at radius 3 is 2.74 bits per heavy atom. The van der Waals surface area contributed by atoms with Gasteiger partial charge in [-0.05, 0) is 42.2 Å². The average Bonchev–Trinajstić information content (AvgIpc) is 3.02. The molecule has 1 aliphatic rings. The van der Waals surface area contributed by atoms with Gasteiger partial charge in [-0.1, -0.05) is 36.4 Å². The highest BCUT2D eigenvalue weighted by Crippen LogP contribution is 2.23. The smallest absolute Gasteiger partial charge is 0.191 e. The van der Waals surface area contributed by atoms with E-state index in [9.17, 15) is 0 Å². The van der Waals surface area contributed by atoms with Crippen LogP contribution in [0.15, 0.2) is 47.5 Å². The molecule has 0 aliphatic carbocycles. The Balaban J connectivity index is 1.56. The van der Waals surface area contributed by atoms with Crippen LogP contribution in [0.25, 0.3) is 10.8 Å². The summed E-state index contributed by atoms with van der Waals surface area (Å²) in [5.74, 6) is 0.815. The van der Waals surface area contributed by atoms with Crippen molar-refractivity contribution in [1.29, 1.82) is 0 Å². The average molecular weight is 311 g/mol. The van der Waals surface area contributed by atoms with E-state index in [1.165, 1.54) is 16.3 Å². The van der Waals surface area contributed by atoms with Crippen LogP contribution in [0.5, 0.6) is 0 Å². The molecule has 0 bridgehead atoms. The van der Waals surface area contributed by atoms with Gasteiger partial charge in [0.2, 0.25) is 0 Å². The molecular formula is C19H25N3O. The summed E-state index contributed by atoms with van der Waals surface area (Å²) in [6, 6.07) is 15.0. The molecule has 2 aromatic carbocycles. The van der Waals surface area contributed by atoms with E-state index in [1.807, 2.05) is 0 Å². The van der Waals surface area contributed by atoms with Gasteiger partial charge in [0.25, 0.3) is 0 Å². The summed E-state index contributed by atoms with van der Waals surface area (Å²) in [6.07, 6.45) is 2.24. The maximum absolute atomic E-state index is 5.80. The largest absolute Gasteiger partial charge is 0.373 e. The molecule has 1 fully saturated rings. The number of rotatable bonds is 4. The molecule has 2 aromatic rings. The van der Waals surface area contributed by atoms with Crippen LogP contribution in [-0.2, 0) is 11.3 Å². The van der Waals surface area contributed by atoms with Gasteiger partial charge in [0.15, 0.2) is 5.96 Å². The lowest BCUT2D eigenvalue weighted by atomic mass is 10.0. The van der Waals surface area contributed by atoms with E-state index in [4.69, 9.17) is 4.74 Å². The second-order valence-corrected chi connectivity index (χ2v) is 6.36. The van der Waals surface area contributed by atoms with E-state index >= 15 is 0 Å². The van der Waals surface area contributed by atoms with E-state index in [2.05, 4.69) is 65.0 Å². The standard InChI is InChI=1S/C19H25N3O/c1-19(10-5-11-23-19)14-22-18(20-2)21-13-15-8-9-16-6-3-4-7-17(16)12-15/h3-4,6-9,12H,5,10-11,13-14H2,1-2H3,(H2,20,21,22). The van der Waals surface area contributed by atoms with Crippen LogP contribution >= 0.6 is 0 Å². The van der Waals surface area contributed by atoms with Crippen molar-refractivity contribution in [2.24, 2.45) is 4.99 Å². The minimum Gasteiger partial charge on any atom is -0.373 e. The summed E-state index contributed by atoms with van der Waals surface area (Å²) >= 11 is 0. The molecule has 122 valence electrons. The fraction of sp³-hybridized carbons (Fsp3) is 0.421. The third-order valence-corrected chi connectivity index (χ3v) is 4.43. The molecule has 0 spiro atoms. The van der Waals surface area contributed by atoms with Crippen LogP contribution in [0, 0.1) is 0 Å². The second kappa shape index (κ2) is 7.01. The molecule has 4 nitrogen and oxygen atoms in total. The summed E-state index contributed by atoms with van der Waals surface area (Å²) in [4.78, 5) is 4.30. The van der Waals surface area contributed by atoms with Gasteiger partial charge < -0.3 is 15.4 Å². The van der Waals surface area contributed by atoms with Crippen molar-refractivity contribution in [3.05, 3.63) is 48.0 Å². The van der Waals surface area contributed by atoms with Gasteiger partial charge in [-0.3, -0.25) is 4.99 Å². The zero-order valence-corrected chi connectivity index (χ0v) is 13.9. The molecule has 0 radical (unpaired) electrons. The number of benzene rings is 2. The predicted octanol–water partition coefficient (Wildman–Crippen LogP) is 3.07. The normalized spacial score (nSPS) is 21.6. The lowest BCUT2D eigenvalue weighted by Gasteiger charge is -2.24. The van der Waals surface area contributed by atoms with Crippen LogP contribution in [0.1, 0.15) is 25.3 Å². The Hall–Kier alpha value is -2.07. The Morgan fingerprint density at radius 2 is 2.00 bits per heavy atom. The van der Waals surface area contributed by atoms with Gasteiger partial charge in [-0.25, -0.2) is 0 Å². The number of hydrogen-bond donors (Lipinski definition) is 2. The van der Waals surface area contributed by atoms with Crippen LogP contribution in [0.3, 0.4) is 0 Å². The van der Waals surface area contributed by atoms with Crippen molar-refractivity contribution in [2.45, 2.75) is 31.9 Å². The molecular weight excluding hydrogens is 286 g/mol.